The maximum Gasteiger partial charge on any atom is 0.263 e. The van der Waals surface area contributed by atoms with E-state index >= 15 is 0 Å². The third-order valence-electron chi connectivity index (χ3n) is 7.19. The number of rotatable bonds is 5. The van der Waals surface area contributed by atoms with Gasteiger partial charge >= 0.3 is 0 Å². The van der Waals surface area contributed by atoms with Crippen LogP contribution in [-0.2, 0) is 20.2 Å². The summed E-state index contributed by atoms with van der Waals surface area (Å²) in [4.78, 5) is 13.5. The van der Waals surface area contributed by atoms with Crippen molar-refractivity contribution in [2.75, 3.05) is 17.1 Å². The summed E-state index contributed by atoms with van der Waals surface area (Å²) in [7, 11) is -3.62. The zero-order valence-corrected chi connectivity index (χ0v) is 22.2. The van der Waals surface area contributed by atoms with E-state index in [0.717, 1.165) is 36.0 Å². The molecule has 0 radical (unpaired) electrons. The molecule has 2 heterocycles. The number of carbonyl (C=O) groups excluding carboxylic acids is 1. The molecule has 2 aromatic rings. The van der Waals surface area contributed by atoms with Crippen LogP contribution in [0.1, 0.15) is 71.0 Å². The van der Waals surface area contributed by atoms with Crippen LogP contribution in [0.15, 0.2) is 42.5 Å². The minimum absolute atomic E-state index is 0.0805. The number of hydrogen-bond donors (Lipinski definition) is 1. The SMILES string of the molecule is CCC1(CC)C[C@H](NC(=O)[C@@H]2CN(S(C)(=O)=O)c3cc(C(C)(C)C)ccc3O2)c2ccccc2O1. The van der Waals surface area contributed by atoms with Gasteiger partial charge in [-0.25, -0.2) is 8.42 Å². The molecule has 2 aromatic carbocycles. The topological polar surface area (TPSA) is 84.9 Å². The monoisotopic (exact) mass is 500 g/mol. The number of fused-ring (bicyclic) bond motifs is 2. The Balaban J connectivity index is 1.63. The van der Waals surface area contributed by atoms with Gasteiger partial charge in [0.05, 0.1) is 24.5 Å². The Hall–Kier alpha value is -2.74. The van der Waals surface area contributed by atoms with E-state index < -0.39 is 16.1 Å². The van der Waals surface area contributed by atoms with Crippen LogP contribution in [-0.4, -0.2) is 38.8 Å². The minimum atomic E-state index is -3.62. The van der Waals surface area contributed by atoms with Crippen LogP contribution in [0.4, 0.5) is 5.69 Å². The Morgan fingerprint density at radius 3 is 2.43 bits per heavy atom. The first-order valence-electron chi connectivity index (χ1n) is 12.2. The smallest absolute Gasteiger partial charge is 0.263 e. The van der Waals surface area contributed by atoms with Gasteiger partial charge in [0.15, 0.2) is 6.10 Å². The quantitative estimate of drug-likeness (QED) is 0.643. The summed E-state index contributed by atoms with van der Waals surface area (Å²) < 4.78 is 39.1. The van der Waals surface area contributed by atoms with E-state index in [0.29, 0.717) is 17.9 Å². The fraction of sp³-hybridized carbons (Fsp3) is 0.519. The fourth-order valence-electron chi connectivity index (χ4n) is 4.86. The average Bonchev–Trinajstić information content (AvgIpc) is 2.81. The van der Waals surface area contributed by atoms with E-state index in [4.69, 9.17) is 9.47 Å². The lowest BCUT2D eigenvalue weighted by atomic mass is 9.83. The standard InChI is InChI=1S/C27H36N2O5S/c1-7-27(8-2)16-20(19-11-9-10-12-22(19)34-27)28-25(30)24-17-29(35(6,31)32)21-15-18(26(3,4)5)13-14-23(21)33-24/h9-15,20,24H,7-8,16-17H2,1-6H3,(H,28,30)/t20-,24-/m0/s1. The summed E-state index contributed by atoms with van der Waals surface area (Å²) in [6, 6.07) is 13.0. The lowest BCUT2D eigenvalue weighted by Crippen LogP contribution is -2.52. The number of hydrogen-bond acceptors (Lipinski definition) is 5. The molecule has 35 heavy (non-hydrogen) atoms. The Labute approximate surface area is 208 Å². The van der Waals surface area contributed by atoms with Gasteiger partial charge < -0.3 is 14.8 Å². The number of sulfonamides is 1. The van der Waals surface area contributed by atoms with Crippen molar-refractivity contribution < 1.29 is 22.7 Å². The molecule has 0 fully saturated rings. The van der Waals surface area contributed by atoms with Crippen LogP contribution >= 0.6 is 0 Å². The van der Waals surface area contributed by atoms with Crippen LogP contribution in [0.5, 0.6) is 11.5 Å². The molecule has 2 aliphatic heterocycles. The number of carbonyl (C=O) groups is 1. The Morgan fingerprint density at radius 1 is 1.11 bits per heavy atom. The van der Waals surface area contributed by atoms with E-state index in [1.165, 1.54) is 4.31 Å². The molecule has 0 aromatic heterocycles. The highest BCUT2D eigenvalue weighted by Crippen LogP contribution is 2.43. The zero-order valence-electron chi connectivity index (χ0n) is 21.4. The minimum Gasteiger partial charge on any atom is -0.487 e. The van der Waals surface area contributed by atoms with Gasteiger partial charge in [-0.05, 0) is 42.0 Å². The third kappa shape index (κ3) is 4.99. The Morgan fingerprint density at radius 2 is 1.80 bits per heavy atom. The lowest BCUT2D eigenvalue weighted by molar-refractivity contribution is -0.129. The van der Waals surface area contributed by atoms with Gasteiger partial charge in [-0.2, -0.15) is 0 Å². The van der Waals surface area contributed by atoms with Crippen molar-refractivity contribution in [1.29, 1.82) is 0 Å². The highest BCUT2D eigenvalue weighted by molar-refractivity contribution is 7.92. The van der Waals surface area contributed by atoms with Crippen LogP contribution in [0.25, 0.3) is 0 Å². The highest BCUT2D eigenvalue weighted by Gasteiger charge is 2.41. The first-order chi connectivity index (χ1) is 16.4. The van der Waals surface area contributed by atoms with Gasteiger partial charge in [0.25, 0.3) is 5.91 Å². The number of anilines is 1. The van der Waals surface area contributed by atoms with Crippen molar-refractivity contribution in [3.05, 3.63) is 53.6 Å². The van der Waals surface area contributed by atoms with Gasteiger partial charge in [0.1, 0.15) is 17.1 Å². The molecule has 1 N–H and O–H groups in total. The largest absolute Gasteiger partial charge is 0.487 e. The van der Waals surface area contributed by atoms with Gasteiger partial charge in [-0.3, -0.25) is 9.10 Å². The molecule has 0 spiro atoms. The van der Waals surface area contributed by atoms with Crippen molar-refractivity contribution in [2.45, 2.75) is 77.0 Å². The highest BCUT2D eigenvalue weighted by atomic mass is 32.2. The molecule has 0 saturated carbocycles. The maximum absolute atomic E-state index is 13.5. The molecular formula is C27H36N2O5S. The number of nitrogens with zero attached hydrogens (tertiary/aromatic N) is 1. The van der Waals surface area contributed by atoms with Crippen LogP contribution in [0.3, 0.4) is 0 Å². The number of amides is 1. The molecule has 190 valence electrons. The average molecular weight is 501 g/mol. The summed E-state index contributed by atoms with van der Waals surface area (Å²) in [6.07, 6.45) is 2.46. The van der Waals surface area contributed by atoms with Crippen molar-refractivity contribution in [3.63, 3.8) is 0 Å². The zero-order chi connectivity index (χ0) is 25.6. The van der Waals surface area contributed by atoms with Crippen LogP contribution in [0, 0.1) is 0 Å². The van der Waals surface area contributed by atoms with Gasteiger partial charge in [0.2, 0.25) is 10.0 Å². The second kappa shape index (κ2) is 9.04. The summed E-state index contributed by atoms with van der Waals surface area (Å²) in [6.45, 7) is 10.3. The second-order valence-electron chi connectivity index (χ2n) is 10.6. The predicted octanol–water partition coefficient (Wildman–Crippen LogP) is 4.71. The molecule has 0 unspecified atom stereocenters. The molecule has 1 amide bonds. The normalized spacial score (nSPS) is 21.3. The number of nitrogens with one attached hydrogen (secondary N) is 1. The van der Waals surface area contributed by atoms with Crippen molar-refractivity contribution in [2.24, 2.45) is 0 Å². The first-order valence-corrected chi connectivity index (χ1v) is 14.1. The third-order valence-corrected chi connectivity index (χ3v) is 8.34. The molecule has 4 rings (SSSR count). The number of benzene rings is 2. The van der Waals surface area contributed by atoms with E-state index in [1.54, 1.807) is 6.07 Å². The van der Waals surface area contributed by atoms with E-state index in [-0.39, 0.29) is 29.5 Å². The van der Waals surface area contributed by atoms with Crippen LogP contribution in [0.2, 0.25) is 0 Å². The number of ether oxygens (including phenoxy) is 2. The molecule has 7 nitrogen and oxygen atoms in total. The molecular weight excluding hydrogens is 464 g/mol. The fourth-order valence-corrected chi connectivity index (χ4v) is 5.77. The van der Waals surface area contributed by atoms with Crippen LogP contribution < -0.4 is 19.1 Å². The summed E-state index contributed by atoms with van der Waals surface area (Å²) in [5, 5.41) is 3.14. The molecule has 8 heteroatoms. The molecule has 2 aliphatic rings. The van der Waals surface area contributed by atoms with Gasteiger partial charge in [-0.15, -0.1) is 0 Å². The number of para-hydroxylation sites is 1. The van der Waals surface area contributed by atoms with E-state index in [9.17, 15) is 13.2 Å². The molecule has 2 atom stereocenters. The van der Waals surface area contributed by atoms with Crippen molar-refractivity contribution in [1.82, 2.24) is 5.32 Å². The molecule has 0 aliphatic carbocycles. The summed E-state index contributed by atoms with van der Waals surface area (Å²) in [5.41, 5.74) is 1.86. The summed E-state index contributed by atoms with van der Waals surface area (Å²) >= 11 is 0. The Kier molecular flexibility index (Phi) is 6.55. The molecule has 0 saturated heterocycles. The van der Waals surface area contributed by atoms with Crippen molar-refractivity contribution >= 4 is 21.6 Å². The molecule has 0 bridgehead atoms. The van der Waals surface area contributed by atoms with E-state index in [2.05, 4.69) is 39.9 Å². The first kappa shape index (κ1) is 25.4. The Bertz CT molecular complexity index is 1210. The second-order valence-corrected chi connectivity index (χ2v) is 12.5. The lowest BCUT2D eigenvalue weighted by Gasteiger charge is -2.42. The summed E-state index contributed by atoms with van der Waals surface area (Å²) in [5.74, 6) is 0.820. The predicted molar refractivity (Wildman–Crippen MR) is 138 cm³/mol. The maximum atomic E-state index is 13.5. The van der Waals surface area contributed by atoms with Crippen molar-refractivity contribution in [3.8, 4) is 11.5 Å². The van der Waals surface area contributed by atoms with Gasteiger partial charge in [-0.1, -0.05) is 58.9 Å². The van der Waals surface area contributed by atoms with E-state index in [1.807, 2.05) is 36.4 Å². The van der Waals surface area contributed by atoms with Gasteiger partial charge in [0, 0.05) is 12.0 Å².